The van der Waals surface area contributed by atoms with E-state index in [1.807, 2.05) is 0 Å². The number of amides is 2. The molecule has 3 fully saturated rings. The molecule has 2 amide bonds. The van der Waals surface area contributed by atoms with Crippen molar-refractivity contribution in [2.24, 2.45) is 34.5 Å². The number of carbonyl (C=O) groups is 2. The van der Waals surface area contributed by atoms with Crippen LogP contribution in [0.25, 0.3) is 0 Å². The van der Waals surface area contributed by atoms with E-state index in [9.17, 15) is 22.8 Å². The zero-order chi connectivity index (χ0) is 22.8. The van der Waals surface area contributed by atoms with Gasteiger partial charge in [-0.1, -0.05) is 26.5 Å². The number of rotatable bonds is 3. The third-order valence-corrected chi connectivity index (χ3v) is 9.25. The Labute approximate surface area is 182 Å². The topological polar surface area (TPSA) is 58.2 Å². The highest BCUT2D eigenvalue weighted by Gasteiger charge is 2.61. The zero-order valence-corrected chi connectivity index (χ0v) is 18.5. The third kappa shape index (κ3) is 3.52. The quantitative estimate of drug-likeness (QED) is 0.637. The van der Waals surface area contributed by atoms with Gasteiger partial charge < -0.3 is 10.6 Å². The molecule has 8 atom stereocenters. The number of fused-ring (bicyclic) bond motifs is 5. The van der Waals surface area contributed by atoms with Gasteiger partial charge in [0.2, 0.25) is 11.8 Å². The maximum Gasteiger partial charge on any atom is 0.414 e. The van der Waals surface area contributed by atoms with Crippen molar-refractivity contribution in [1.82, 2.24) is 10.6 Å². The van der Waals surface area contributed by atoms with E-state index in [1.54, 1.807) is 6.08 Å². The number of hydrogen-bond donors (Lipinski definition) is 2. The predicted molar refractivity (Wildman–Crippen MR) is 112 cm³/mol. The van der Waals surface area contributed by atoms with Crippen LogP contribution >= 0.6 is 0 Å². The van der Waals surface area contributed by atoms with Gasteiger partial charge in [-0.25, -0.2) is 0 Å². The first-order valence-corrected chi connectivity index (χ1v) is 11.4. The zero-order valence-electron chi connectivity index (χ0n) is 18.5. The van der Waals surface area contributed by atoms with Crippen molar-refractivity contribution in [3.05, 3.63) is 24.3 Å². The molecule has 3 saturated carbocycles. The Balaban J connectivity index is 1.51. The molecule has 4 nitrogen and oxygen atoms in total. The molecule has 3 unspecified atom stereocenters. The molecule has 172 valence electrons. The first kappa shape index (κ1) is 22.4. The van der Waals surface area contributed by atoms with E-state index in [-0.39, 0.29) is 34.6 Å². The van der Waals surface area contributed by atoms with Crippen LogP contribution in [0.15, 0.2) is 24.3 Å². The van der Waals surface area contributed by atoms with Gasteiger partial charge in [-0.2, -0.15) is 13.2 Å². The van der Waals surface area contributed by atoms with Gasteiger partial charge in [0.05, 0.1) is 6.04 Å². The predicted octanol–water partition coefficient (Wildman–Crippen LogP) is 4.52. The minimum atomic E-state index is -4.51. The van der Waals surface area contributed by atoms with Crippen molar-refractivity contribution in [1.29, 1.82) is 0 Å². The van der Waals surface area contributed by atoms with E-state index in [0.29, 0.717) is 24.2 Å². The second-order valence-electron chi connectivity index (χ2n) is 10.6. The first-order chi connectivity index (χ1) is 14.4. The van der Waals surface area contributed by atoms with Crippen molar-refractivity contribution < 1.29 is 22.8 Å². The van der Waals surface area contributed by atoms with Crippen LogP contribution in [-0.2, 0) is 9.59 Å². The molecule has 0 aromatic rings. The standard InChI is InChI=1S/C24H33F3N2O2/c1-13(24(25,26)27)14(2)28-21(31)18-7-6-16-15-5-8-19-23(4,12-10-20(30)29-19)17(15)9-11-22(16,18)3/h10,12,14-19H,1,5-9,11H2,2-4H3,(H,28,31)(H,29,30)/t14?,15-,16-,17+,18?,19?,22-,23+/m0/s1. The third-order valence-electron chi connectivity index (χ3n) is 9.25. The van der Waals surface area contributed by atoms with Gasteiger partial charge in [0.25, 0.3) is 0 Å². The van der Waals surface area contributed by atoms with Gasteiger partial charge in [-0.15, -0.1) is 0 Å². The Bertz CT molecular complexity index is 822. The van der Waals surface area contributed by atoms with Crippen molar-refractivity contribution in [2.75, 3.05) is 0 Å². The molecule has 7 heteroatoms. The summed E-state index contributed by atoms with van der Waals surface area (Å²) in [7, 11) is 0. The molecule has 0 aromatic heterocycles. The molecule has 0 radical (unpaired) electrons. The smallest absolute Gasteiger partial charge is 0.349 e. The van der Waals surface area contributed by atoms with Crippen molar-refractivity contribution in [3.8, 4) is 0 Å². The summed E-state index contributed by atoms with van der Waals surface area (Å²) in [6, 6.07) is -0.970. The highest BCUT2D eigenvalue weighted by atomic mass is 19.4. The molecule has 0 aromatic carbocycles. The molecule has 0 saturated heterocycles. The van der Waals surface area contributed by atoms with Crippen LogP contribution in [0.5, 0.6) is 0 Å². The van der Waals surface area contributed by atoms with Crippen LogP contribution < -0.4 is 10.6 Å². The fraction of sp³-hybridized carbons (Fsp3) is 0.750. The highest BCUT2D eigenvalue weighted by molar-refractivity contribution is 5.89. The monoisotopic (exact) mass is 438 g/mol. The van der Waals surface area contributed by atoms with E-state index < -0.39 is 17.8 Å². The molecule has 0 spiro atoms. The molecule has 3 aliphatic carbocycles. The second-order valence-corrected chi connectivity index (χ2v) is 10.6. The van der Waals surface area contributed by atoms with E-state index in [4.69, 9.17) is 0 Å². The number of carbonyl (C=O) groups excluding carboxylic acids is 2. The fourth-order valence-electron chi connectivity index (χ4n) is 7.41. The molecular weight excluding hydrogens is 405 g/mol. The summed E-state index contributed by atoms with van der Waals surface area (Å²) in [4.78, 5) is 24.9. The van der Waals surface area contributed by atoms with E-state index >= 15 is 0 Å². The maximum absolute atomic E-state index is 13.1. The van der Waals surface area contributed by atoms with E-state index in [1.165, 1.54) is 6.92 Å². The van der Waals surface area contributed by atoms with Gasteiger partial charge in [0, 0.05) is 22.9 Å². The van der Waals surface area contributed by atoms with Gasteiger partial charge >= 0.3 is 6.18 Å². The summed E-state index contributed by atoms with van der Waals surface area (Å²) < 4.78 is 38.9. The Hall–Kier alpha value is -1.79. The van der Waals surface area contributed by atoms with Crippen molar-refractivity contribution in [3.63, 3.8) is 0 Å². The summed E-state index contributed by atoms with van der Waals surface area (Å²) >= 11 is 0. The summed E-state index contributed by atoms with van der Waals surface area (Å²) in [5.74, 6) is 0.743. The fourth-order valence-corrected chi connectivity index (χ4v) is 7.41. The minimum Gasteiger partial charge on any atom is -0.349 e. The average molecular weight is 439 g/mol. The van der Waals surface area contributed by atoms with Crippen molar-refractivity contribution >= 4 is 11.8 Å². The Morgan fingerprint density at radius 3 is 2.58 bits per heavy atom. The lowest BCUT2D eigenvalue weighted by molar-refractivity contribution is -0.135. The van der Waals surface area contributed by atoms with Crippen LogP contribution in [-0.4, -0.2) is 30.1 Å². The molecule has 2 N–H and O–H groups in total. The number of alkyl halides is 3. The molecular formula is C24H33F3N2O2. The van der Waals surface area contributed by atoms with Crippen LogP contribution in [0.3, 0.4) is 0 Å². The van der Waals surface area contributed by atoms with Crippen molar-refractivity contribution in [2.45, 2.75) is 77.6 Å². The lowest BCUT2D eigenvalue weighted by Gasteiger charge is -2.58. The first-order valence-electron chi connectivity index (χ1n) is 11.4. The highest BCUT2D eigenvalue weighted by Crippen LogP contribution is 2.65. The maximum atomic E-state index is 13.1. The summed E-state index contributed by atoms with van der Waals surface area (Å²) in [5.41, 5.74) is -1.19. The molecule has 31 heavy (non-hydrogen) atoms. The van der Waals surface area contributed by atoms with Gasteiger partial charge in [0.15, 0.2) is 0 Å². The summed E-state index contributed by atoms with van der Waals surface area (Å²) in [6.45, 7) is 8.90. The summed E-state index contributed by atoms with van der Waals surface area (Å²) in [6.07, 6.45) is 4.70. The number of nitrogens with one attached hydrogen (secondary N) is 2. The molecule has 0 bridgehead atoms. The molecule has 1 aliphatic heterocycles. The largest absolute Gasteiger partial charge is 0.414 e. The number of halogens is 3. The van der Waals surface area contributed by atoms with Crippen LogP contribution in [0, 0.1) is 34.5 Å². The molecule has 4 aliphatic rings. The number of hydrogen-bond acceptors (Lipinski definition) is 2. The SMILES string of the molecule is C=C(C(C)NC(=O)C1CC[C@H]2[C@@H]3CCC4NC(=O)C=C[C@]4(C)[C@@H]3CC[C@]12C)C(F)(F)F. The Kier molecular flexibility index (Phi) is 5.33. The lowest BCUT2D eigenvalue weighted by atomic mass is 9.48. The van der Waals surface area contributed by atoms with Gasteiger partial charge in [0.1, 0.15) is 0 Å². The molecule has 1 heterocycles. The summed E-state index contributed by atoms with van der Waals surface area (Å²) in [5, 5.41) is 5.74. The van der Waals surface area contributed by atoms with Gasteiger partial charge in [-0.05, 0) is 74.7 Å². The second kappa shape index (κ2) is 7.38. The molecule has 4 rings (SSSR count). The minimum absolute atomic E-state index is 0.0197. The lowest BCUT2D eigenvalue weighted by Crippen LogP contribution is -2.59. The van der Waals surface area contributed by atoms with Gasteiger partial charge in [-0.3, -0.25) is 9.59 Å². The van der Waals surface area contributed by atoms with Crippen LogP contribution in [0.4, 0.5) is 13.2 Å². The average Bonchev–Trinajstić information content (AvgIpc) is 3.04. The van der Waals surface area contributed by atoms with Crippen LogP contribution in [0.2, 0.25) is 0 Å². The van der Waals surface area contributed by atoms with E-state index in [2.05, 4.69) is 37.1 Å². The Morgan fingerprint density at radius 2 is 1.90 bits per heavy atom. The van der Waals surface area contributed by atoms with E-state index in [0.717, 1.165) is 32.1 Å². The van der Waals surface area contributed by atoms with Crippen LogP contribution in [0.1, 0.15) is 59.3 Å². The Morgan fingerprint density at radius 1 is 1.19 bits per heavy atom. The normalized spacial score (nSPS) is 42.6.